The third kappa shape index (κ3) is 4.69. The predicted octanol–water partition coefficient (Wildman–Crippen LogP) is 3.66. The summed E-state index contributed by atoms with van der Waals surface area (Å²) in [6.45, 7) is 1.51. The number of hydrogen-bond donors (Lipinski definition) is 1. The molecule has 0 aliphatic rings. The van der Waals surface area contributed by atoms with Crippen LogP contribution in [-0.2, 0) is 13.5 Å². The molecule has 0 aliphatic carbocycles. The second-order valence-corrected chi connectivity index (χ2v) is 8.11. The molecule has 8 heteroatoms. The first-order valence-corrected chi connectivity index (χ1v) is 10.9. The van der Waals surface area contributed by atoms with E-state index in [0.717, 1.165) is 53.4 Å². The van der Waals surface area contributed by atoms with E-state index in [1.807, 2.05) is 66.8 Å². The van der Waals surface area contributed by atoms with E-state index in [4.69, 9.17) is 0 Å². The Morgan fingerprint density at radius 1 is 0.848 bits per heavy atom. The highest BCUT2D eigenvalue weighted by Crippen LogP contribution is 2.23. The highest BCUT2D eigenvalue weighted by Gasteiger charge is 2.09. The smallest absolute Gasteiger partial charge is 0.225 e. The Bertz CT molecular complexity index is 1340. The Hall–Kier alpha value is -4.20. The normalized spacial score (nSPS) is 11.1. The molecule has 0 saturated heterocycles. The number of nitrogens with one attached hydrogen (secondary N) is 1. The lowest BCUT2D eigenvalue weighted by molar-refractivity contribution is 0.768. The van der Waals surface area contributed by atoms with Crippen molar-refractivity contribution in [3.8, 4) is 11.1 Å². The average molecular weight is 439 g/mol. The standard InChI is InChI=1S/C25H26N8/c1-31(25-27-13-20(14-28-25)12-19-6-4-3-5-7-19)11-10-26-23-16-30-33-18-21(8-9-24(23)33)22-15-29-32(2)17-22/h3-9,13-18,26H,10-12H2,1-2H3. The molecular formula is C25H26N8. The number of aromatic nitrogens is 6. The highest BCUT2D eigenvalue weighted by atomic mass is 15.3. The van der Waals surface area contributed by atoms with E-state index in [2.05, 4.69) is 61.9 Å². The maximum atomic E-state index is 4.54. The van der Waals surface area contributed by atoms with Gasteiger partial charge in [0, 0.05) is 69.5 Å². The second-order valence-electron chi connectivity index (χ2n) is 8.11. The molecule has 0 saturated carbocycles. The van der Waals surface area contributed by atoms with E-state index in [-0.39, 0.29) is 0 Å². The number of anilines is 2. The van der Waals surface area contributed by atoms with Gasteiger partial charge in [0.2, 0.25) is 5.95 Å². The number of rotatable bonds is 8. The van der Waals surface area contributed by atoms with Crippen molar-refractivity contribution in [3.05, 3.63) is 90.8 Å². The first kappa shape index (κ1) is 20.7. The van der Waals surface area contributed by atoms with Crippen LogP contribution in [0.25, 0.3) is 16.6 Å². The van der Waals surface area contributed by atoms with Crippen LogP contribution in [0.5, 0.6) is 0 Å². The van der Waals surface area contributed by atoms with Crippen molar-refractivity contribution < 1.29 is 0 Å². The minimum absolute atomic E-state index is 0.717. The Balaban J connectivity index is 1.18. The molecule has 0 spiro atoms. The van der Waals surface area contributed by atoms with Crippen molar-refractivity contribution in [2.75, 3.05) is 30.4 Å². The summed E-state index contributed by atoms with van der Waals surface area (Å²) in [6, 6.07) is 14.5. The first-order chi connectivity index (χ1) is 16.2. The number of nitrogens with zero attached hydrogens (tertiary/aromatic N) is 7. The Morgan fingerprint density at radius 2 is 1.67 bits per heavy atom. The monoisotopic (exact) mass is 438 g/mol. The molecule has 4 heterocycles. The predicted molar refractivity (Wildman–Crippen MR) is 130 cm³/mol. The van der Waals surface area contributed by atoms with E-state index in [1.54, 1.807) is 4.68 Å². The molecule has 0 unspecified atom stereocenters. The van der Waals surface area contributed by atoms with Gasteiger partial charge in [-0.1, -0.05) is 36.4 Å². The quantitative estimate of drug-likeness (QED) is 0.398. The number of aryl methyl sites for hydroxylation is 1. The zero-order valence-electron chi connectivity index (χ0n) is 18.8. The van der Waals surface area contributed by atoms with Crippen molar-refractivity contribution in [1.82, 2.24) is 29.4 Å². The van der Waals surface area contributed by atoms with E-state index in [9.17, 15) is 0 Å². The molecule has 1 aromatic carbocycles. The third-order valence-electron chi connectivity index (χ3n) is 5.60. The van der Waals surface area contributed by atoms with E-state index in [1.165, 1.54) is 5.56 Å². The summed E-state index contributed by atoms with van der Waals surface area (Å²) in [5.41, 5.74) is 6.55. The first-order valence-electron chi connectivity index (χ1n) is 10.9. The molecule has 5 aromatic rings. The minimum atomic E-state index is 0.717. The van der Waals surface area contributed by atoms with Crippen molar-refractivity contribution in [1.29, 1.82) is 0 Å². The highest BCUT2D eigenvalue weighted by molar-refractivity contribution is 5.74. The molecule has 0 atom stereocenters. The molecule has 0 fully saturated rings. The number of pyridine rings is 1. The number of benzene rings is 1. The summed E-state index contributed by atoms with van der Waals surface area (Å²) in [6.07, 6.45) is 12.4. The van der Waals surface area contributed by atoms with Crippen molar-refractivity contribution in [2.45, 2.75) is 6.42 Å². The van der Waals surface area contributed by atoms with Gasteiger partial charge in [0.05, 0.1) is 23.6 Å². The maximum Gasteiger partial charge on any atom is 0.225 e. The van der Waals surface area contributed by atoms with Crippen LogP contribution in [-0.4, -0.2) is 49.5 Å². The van der Waals surface area contributed by atoms with Gasteiger partial charge in [0.25, 0.3) is 0 Å². The van der Waals surface area contributed by atoms with Crippen LogP contribution in [0, 0.1) is 0 Å². The van der Waals surface area contributed by atoms with Crippen LogP contribution in [0.1, 0.15) is 11.1 Å². The van der Waals surface area contributed by atoms with Crippen LogP contribution >= 0.6 is 0 Å². The number of hydrogen-bond acceptors (Lipinski definition) is 6. The third-order valence-corrected chi connectivity index (χ3v) is 5.60. The minimum Gasteiger partial charge on any atom is -0.380 e. The van der Waals surface area contributed by atoms with Crippen molar-refractivity contribution in [3.63, 3.8) is 0 Å². The number of likely N-dealkylation sites (N-methyl/N-ethyl adjacent to an activating group) is 1. The van der Waals surface area contributed by atoms with E-state index < -0.39 is 0 Å². The van der Waals surface area contributed by atoms with Crippen LogP contribution in [0.4, 0.5) is 11.6 Å². The van der Waals surface area contributed by atoms with Gasteiger partial charge in [0.1, 0.15) is 0 Å². The molecule has 0 radical (unpaired) electrons. The van der Waals surface area contributed by atoms with Crippen LogP contribution in [0.2, 0.25) is 0 Å². The molecular weight excluding hydrogens is 412 g/mol. The maximum absolute atomic E-state index is 4.54. The topological polar surface area (TPSA) is 76.2 Å². The van der Waals surface area contributed by atoms with E-state index in [0.29, 0.717) is 0 Å². The molecule has 33 heavy (non-hydrogen) atoms. The summed E-state index contributed by atoms with van der Waals surface area (Å²) < 4.78 is 3.69. The van der Waals surface area contributed by atoms with Gasteiger partial charge in [-0.3, -0.25) is 4.68 Å². The van der Waals surface area contributed by atoms with Gasteiger partial charge in [0.15, 0.2) is 0 Å². The zero-order chi connectivity index (χ0) is 22.6. The van der Waals surface area contributed by atoms with Gasteiger partial charge >= 0.3 is 0 Å². The summed E-state index contributed by atoms with van der Waals surface area (Å²) >= 11 is 0. The van der Waals surface area contributed by atoms with Crippen LogP contribution < -0.4 is 10.2 Å². The summed E-state index contributed by atoms with van der Waals surface area (Å²) in [4.78, 5) is 11.1. The van der Waals surface area contributed by atoms with Crippen LogP contribution in [0.3, 0.4) is 0 Å². The Morgan fingerprint density at radius 3 is 2.42 bits per heavy atom. The Labute approximate surface area is 192 Å². The molecule has 5 rings (SSSR count). The molecule has 0 bridgehead atoms. The van der Waals surface area contributed by atoms with Gasteiger partial charge in [-0.2, -0.15) is 10.2 Å². The number of fused-ring (bicyclic) bond motifs is 1. The summed E-state index contributed by atoms with van der Waals surface area (Å²) in [5, 5.41) is 12.2. The largest absolute Gasteiger partial charge is 0.380 e. The van der Waals surface area contributed by atoms with Gasteiger partial charge < -0.3 is 10.2 Å². The molecule has 0 aliphatic heterocycles. The molecule has 166 valence electrons. The summed E-state index contributed by atoms with van der Waals surface area (Å²) in [7, 11) is 3.92. The molecule has 0 amide bonds. The summed E-state index contributed by atoms with van der Waals surface area (Å²) in [5.74, 6) is 0.717. The average Bonchev–Trinajstić information content (AvgIpc) is 3.46. The molecule has 8 nitrogen and oxygen atoms in total. The SMILES string of the molecule is CN(CCNc1cnn2cc(-c3cnn(C)c3)ccc12)c1ncc(Cc2ccccc2)cn1. The second kappa shape index (κ2) is 9.12. The zero-order valence-corrected chi connectivity index (χ0v) is 18.8. The van der Waals surface area contributed by atoms with E-state index >= 15 is 0 Å². The molecule has 1 N–H and O–H groups in total. The Kier molecular flexibility index (Phi) is 5.72. The lowest BCUT2D eigenvalue weighted by Gasteiger charge is -2.17. The lowest BCUT2D eigenvalue weighted by Crippen LogP contribution is -2.26. The molecule has 4 aromatic heterocycles. The fourth-order valence-electron chi connectivity index (χ4n) is 3.79. The van der Waals surface area contributed by atoms with Gasteiger partial charge in [-0.25, -0.2) is 14.5 Å². The lowest BCUT2D eigenvalue weighted by atomic mass is 10.1. The van der Waals surface area contributed by atoms with Crippen molar-refractivity contribution in [2.24, 2.45) is 7.05 Å². The van der Waals surface area contributed by atoms with Crippen LogP contribution in [0.15, 0.2) is 79.6 Å². The van der Waals surface area contributed by atoms with Gasteiger partial charge in [-0.15, -0.1) is 0 Å². The fraction of sp³-hybridized carbons (Fsp3) is 0.200. The van der Waals surface area contributed by atoms with Gasteiger partial charge in [-0.05, 0) is 17.2 Å². The fourth-order valence-corrected chi connectivity index (χ4v) is 3.79. The van der Waals surface area contributed by atoms with Crippen molar-refractivity contribution >= 4 is 17.2 Å².